The van der Waals surface area contributed by atoms with Crippen LogP contribution in [0.15, 0.2) is 0 Å². The molecule has 1 fully saturated rings. The number of rotatable bonds is 3. The summed E-state index contributed by atoms with van der Waals surface area (Å²) in [4.78, 5) is 0. The third-order valence-electron chi connectivity index (χ3n) is 2.47. The predicted molar refractivity (Wildman–Crippen MR) is 49.3 cm³/mol. The van der Waals surface area contributed by atoms with E-state index in [9.17, 15) is 13.5 Å². The monoisotopic (exact) mass is 208 g/mol. The molecule has 13 heavy (non-hydrogen) atoms. The molecule has 0 saturated carbocycles. The van der Waals surface area contributed by atoms with Crippen molar-refractivity contribution in [1.82, 2.24) is 9.03 Å². The summed E-state index contributed by atoms with van der Waals surface area (Å²) in [6.07, 6.45) is 0.301. The SMILES string of the molecule is CNS(=O)(=O)N1CCC(C(C)O)C1. The van der Waals surface area contributed by atoms with Gasteiger partial charge in [-0.3, -0.25) is 0 Å². The molecule has 2 N–H and O–H groups in total. The highest BCUT2D eigenvalue weighted by Gasteiger charge is 2.32. The van der Waals surface area contributed by atoms with Crippen LogP contribution in [0.2, 0.25) is 0 Å². The van der Waals surface area contributed by atoms with Gasteiger partial charge in [-0.25, -0.2) is 4.72 Å². The van der Waals surface area contributed by atoms with Crippen molar-refractivity contribution in [2.45, 2.75) is 19.4 Å². The second-order valence-electron chi connectivity index (χ2n) is 3.36. The molecule has 6 heteroatoms. The third kappa shape index (κ3) is 2.40. The fourth-order valence-electron chi connectivity index (χ4n) is 1.50. The van der Waals surface area contributed by atoms with Crippen molar-refractivity contribution in [2.75, 3.05) is 20.1 Å². The summed E-state index contributed by atoms with van der Waals surface area (Å²) >= 11 is 0. The van der Waals surface area contributed by atoms with Crippen molar-refractivity contribution in [3.8, 4) is 0 Å². The first-order valence-electron chi connectivity index (χ1n) is 4.34. The van der Waals surface area contributed by atoms with Crippen molar-refractivity contribution < 1.29 is 13.5 Å². The first-order chi connectivity index (χ1) is 5.97. The lowest BCUT2D eigenvalue weighted by Crippen LogP contribution is -2.37. The van der Waals surface area contributed by atoms with Gasteiger partial charge in [-0.15, -0.1) is 0 Å². The summed E-state index contributed by atoms with van der Waals surface area (Å²) in [6, 6.07) is 0. The van der Waals surface area contributed by atoms with E-state index in [1.165, 1.54) is 11.4 Å². The van der Waals surface area contributed by atoms with Crippen LogP contribution in [0.25, 0.3) is 0 Å². The molecule has 0 amide bonds. The molecule has 0 aromatic rings. The topological polar surface area (TPSA) is 69.6 Å². The van der Waals surface area contributed by atoms with Crippen molar-refractivity contribution in [2.24, 2.45) is 5.92 Å². The molecule has 0 aromatic carbocycles. The van der Waals surface area contributed by atoms with Crippen LogP contribution in [0.3, 0.4) is 0 Å². The lowest BCUT2D eigenvalue weighted by atomic mass is 10.0. The van der Waals surface area contributed by atoms with Crippen LogP contribution >= 0.6 is 0 Å². The van der Waals surface area contributed by atoms with E-state index in [0.29, 0.717) is 13.1 Å². The summed E-state index contributed by atoms with van der Waals surface area (Å²) in [7, 11) is -1.90. The molecule has 2 atom stereocenters. The molecule has 78 valence electrons. The first kappa shape index (κ1) is 10.9. The number of nitrogens with one attached hydrogen (secondary N) is 1. The normalized spacial score (nSPS) is 27.8. The Morgan fingerprint density at radius 2 is 2.23 bits per heavy atom. The third-order valence-corrected chi connectivity index (χ3v) is 3.99. The number of nitrogens with zero attached hydrogens (tertiary/aromatic N) is 1. The van der Waals surface area contributed by atoms with Gasteiger partial charge in [0.05, 0.1) is 6.10 Å². The first-order valence-corrected chi connectivity index (χ1v) is 5.78. The van der Waals surface area contributed by atoms with Gasteiger partial charge >= 0.3 is 0 Å². The molecule has 0 aliphatic carbocycles. The molecule has 0 spiro atoms. The molecule has 5 nitrogen and oxygen atoms in total. The molecular formula is C7H16N2O3S. The Balaban J connectivity index is 2.60. The van der Waals surface area contributed by atoms with Gasteiger partial charge in [0.1, 0.15) is 0 Å². The highest BCUT2D eigenvalue weighted by atomic mass is 32.2. The Labute approximate surface area is 78.9 Å². The minimum atomic E-state index is -3.29. The molecule has 0 aromatic heterocycles. The second-order valence-corrected chi connectivity index (χ2v) is 5.23. The summed E-state index contributed by atoms with van der Waals surface area (Å²) < 4.78 is 26.2. The summed E-state index contributed by atoms with van der Waals surface area (Å²) in [5.41, 5.74) is 0. The molecule has 1 heterocycles. The van der Waals surface area contributed by atoms with Crippen molar-refractivity contribution in [3.63, 3.8) is 0 Å². The van der Waals surface area contributed by atoms with Crippen LogP contribution in [-0.2, 0) is 10.2 Å². The van der Waals surface area contributed by atoms with Crippen LogP contribution < -0.4 is 4.72 Å². The molecule has 0 radical (unpaired) electrons. The van der Waals surface area contributed by atoms with Gasteiger partial charge in [-0.05, 0) is 19.3 Å². The Morgan fingerprint density at radius 1 is 1.62 bits per heavy atom. The minimum Gasteiger partial charge on any atom is -0.393 e. The lowest BCUT2D eigenvalue weighted by molar-refractivity contribution is 0.133. The molecule has 1 aliphatic rings. The molecule has 1 rings (SSSR count). The quantitative estimate of drug-likeness (QED) is 0.635. The van der Waals surface area contributed by atoms with Gasteiger partial charge in [0.25, 0.3) is 10.2 Å². The van der Waals surface area contributed by atoms with Crippen LogP contribution in [0, 0.1) is 5.92 Å². The average molecular weight is 208 g/mol. The highest BCUT2D eigenvalue weighted by Crippen LogP contribution is 2.21. The van der Waals surface area contributed by atoms with E-state index < -0.39 is 16.3 Å². The average Bonchev–Trinajstić information content (AvgIpc) is 2.52. The summed E-state index contributed by atoms with van der Waals surface area (Å²) in [5, 5.41) is 9.27. The Kier molecular flexibility index (Phi) is 3.28. The van der Waals surface area contributed by atoms with Crippen molar-refractivity contribution in [3.05, 3.63) is 0 Å². The lowest BCUT2D eigenvalue weighted by Gasteiger charge is -2.16. The zero-order chi connectivity index (χ0) is 10.1. The fraction of sp³-hybridized carbons (Fsp3) is 1.00. The summed E-state index contributed by atoms with van der Waals surface area (Å²) in [6.45, 7) is 2.61. The zero-order valence-corrected chi connectivity index (χ0v) is 8.71. The van der Waals surface area contributed by atoms with E-state index in [1.54, 1.807) is 6.92 Å². The minimum absolute atomic E-state index is 0.0723. The van der Waals surface area contributed by atoms with E-state index in [1.807, 2.05) is 0 Å². The van der Waals surface area contributed by atoms with Crippen LogP contribution in [0.5, 0.6) is 0 Å². The van der Waals surface area contributed by atoms with Gasteiger partial charge in [-0.2, -0.15) is 12.7 Å². The molecule has 1 saturated heterocycles. The Bertz CT molecular complexity index is 263. The molecule has 2 unspecified atom stereocenters. The second kappa shape index (κ2) is 3.91. The smallest absolute Gasteiger partial charge is 0.279 e. The van der Waals surface area contributed by atoms with E-state index >= 15 is 0 Å². The van der Waals surface area contributed by atoms with E-state index in [4.69, 9.17) is 0 Å². The largest absolute Gasteiger partial charge is 0.393 e. The predicted octanol–water partition coefficient (Wildman–Crippen LogP) is -0.847. The molecular weight excluding hydrogens is 192 g/mol. The van der Waals surface area contributed by atoms with Crippen LogP contribution in [0.4, 0.5) is 0 Å². The van der Waals surface area contributed by atoms with E-state index in [0.717, 1.165) is 6.42 Å². The van der Waals surface area contributed by atoms with Gasteiger partial charge in [-0.1, -0.05) is 0 Å². The highest BCUT2D eigenvalue weighted by molar-refractivity contribution is 7.87. The zero-order valence-electron chi connectivity index (χ0n) is 7.90. The molecule has 0 bridgehead atoms. The molecule has 1 aliphatic heterocycles. The maximum absolute atomic E-state index is 11.3. The van der Waals surface area contributed by atoms with Gasteiger partial charge in [0.2, 0.25) is 0 Å². The summed E-state index contributed by atoms with van der Waals surface area (Å²) in [5.74, 6) is 0.0723. The van der Waals surface area contributed by atoms with Gasteiger partial charge in [0.15, 0.2) is 0 Å². The van der Waals surface area contributed by atoms with E-state index in [-0.39, 0.29) is 5.92 Å². The number of hydrogen-bond acceptors (Lipinski definition) is 3. The standard InChI is InChI=1S/C7H16N2O3S/c1-6(10)7-3-4-9(5-7)13(11,12)8-2/h6-8,10H,3-5H2,1-2H3. The van der Waals surface area contributed by atoms with E-state index in [2.05, 4.69) is 4.72 Å². The van der Waals surface area contributed by atoms with Crippen LogP contribution in [0.1, 0.15) is 13.3 Å². The van der Waals surface area contributed by atoms with Crippen molar-refractivity contribution >= 4 is 10.2 Å². The van der Waals surface area contributed by atoms with Gasteiger partial charge in [0, 0.05) is 20.1 Å². The number of hydrogen-bond donors (Lipinski definition) is 2. The van der Waals surface area contributed by atoms with Gasteiger partial charge < -0.3 is 5.11 Å². The number of aliphatic hydroxyl groups excluding tert-OH is 1. The Morgan fingerprint density at radius 3 is 2.62 bits per heavy atom. The maximum atomic E-state index is 11.3. The van der Waals surface area contributed by atoms with Crippen LogP contribution in [-0.4, -0.2) is 44.1 Å². The van der Waals surface area contributed by atoms with Crippen molar-refractivity contribution in [1.29, 1.82) is 0 Å². The number of aliphatic hydroxyl groups is 1. The Hall–Kier alpha value is -0.170. The maximum Gasteiger partial charge on any atom is 0.279 e. The fourth-order valence-corrected chi connectivity index (χ4v) is 2.49.